The molecule has 2 fully saturated rings. The molecule has 0 radical (unpaired) electrons. The van der Waals surface area contributed by atoms with E-state index in [2.05, 4.69) is 11.9 Å². The van der Waals surface area contributed by atoms with Crippen molar-refractivity contribution in [2.75, 3.05) is 27.2 Å². The van der Waals surface area contributed by atoms with Gasteiger partial charge in [-0.1, -0.05) is 6.92 Å². The molecule has 2 rings (SSSR count). The highest BCUT2D eigenvalue weighted by Gasteiger charge is 2.42. The van der Waals surface area contributed by atoms with Gasteiger partial charge in [-0.05, 0) is 45.2 Å². The molecule has 0 aromatic heterocycles. The summed E-state index contributed by atoms with van der Waals surface area (Å²) < 4.78 is 0. The summed E-state index contributed by atoms with van der Waals surface area (Å²) in [6.07, 6.45) is 3.64. The number of nitrogens with zero attached hydrogens (tertiary/aromatic N) is 2. The van der Waals surface area contributed by atoms with E-state index in [0.29, 0.717) is 31.3 Å². The molecule has 1 heterocycles. The Balaban J connectivity index is 1.97. The van der Waals surface area contributed by atoms with Crippen LogP contribution in [0.2, 0.25) is 0 Å². The van der Waals surface area contributed by atoms with Crippen LogP contribution >= 0.6 is 0 Å². The van der Waals surface area contributed by atoms with Gasteiger partial charge in [-0.25, -0.2) is 0 Å². The molecular weight excluding hydrogens is 256 g/mol. The van der Waals surface area contributed by atoms with Crippen LogP contribution in [0.1, 0.15) is 32.6 Å². The van der Waals surface area contributed by atoms with Gasteiger partial charge >= 0.3 is 5.97 Å². The zero-order valence-electron chi connectivity index (χ0n) is 12.7. The largest absolute Gasteiger partial charge is 0.481 e. The number of carbonyl (C=O) groups is 2. The number of hydrogen-bond acceptors (Lipinski definition) is 3. The summed E-state index contributed by atoms with van der Waals surface area (Å²) in [5, 5.41) is 9.28. The normalized spacial score (nSPS) is 34.4. The summed E-state index contributed by atoms with van der Waals surface area (Å²) in [5.74, 6) is -1.31. The molecule has 20 heavy (non-hydrogen) atoms. The maximum atomic E-state index is 12.5. The van der Waals surface area contributed by atoms with Crippen molar-refractivity contribution in [3.8, 4) is 0 Å². The fourth-order valence-electron chi connectivity index (χ4n) is 3.74. The standard InChI is InChI=1S/C15H26N2O3/c1-10-7-12(13(8-10)15(19)20)14(18)17(3)9-11-5-4-6-16(11)2/h10-13H,4-9H2,1-3H3,(H,19,20)/t10?,11?,12-,13+/m0/s1. The van der Waals surface area contributed by atoms with Gasteiger partial charge in [-0.15, -0.1) is 0 Å². The van der Waals surface area contributed by atoms with Crippen LogP contribution in [0.4, 0.5) is 0 Å². The summed E-state index contributed by atoms with van der Waals surface area (Å²) in [7, 11) is 3.91. The van der Waals surface area contributed by atoms with Crippen molar-refractivity contribution in [2.45, 2.75) is 38.6 Å². The van der Waals surface area contributed by atoms with Gasteiger partial charge in [0.2, 0.25) is 5.91 Å². The van der Waals surface area contributed by atoms with Gasteiger partial charge in [0.25, 0.3) is 0 Å². The van der Waals surface area contributed by atoms with E-state index in [0.717, 1.165) is 13.0 Å². The second kappa shape index (κ2) is 6.12. The topological polar surface area (TPSA) is 60.9 Å². The van der Waals surface area contributed by atoms with Gasteiger partial charge in [-0.2, -0.15) is 0 Å². The average molecular weight is 282 g/mol. The Morgan fingerprint density at radius 2 is 1.95 bits per heavy atom. The lowest BCUT2D eigenvalue weighted by atomic mass is 9.94. The average Bonchev–Trinajstić information content (AvgIpc) is 2.95. The zero-order valence-corrected chi connectivity index (χ0v) is 12.7. The van der Waals surface area contributed by atoms with E-state index in [1.165, 1.54) is 6.42 Å². The highest BCUT2D eigenvalue weighted by Crippen LogP contribution is 2.37. The number of carbonyl (C=O) groups excluding carboxylic acids is 1. The molecule has 5 nitrogen and oxygen atoms in total. The van der Waals surface area contributed by atoms with Gasteiger partial charge in [-0.3, -0.25) is 9.59 Å². The summed E-state index contributed by atoms with van der Waals surface area (Å²) in [6.45, 7) is 3.84. The van der Waals surface area contributed by atoms with Crippen LogP contribution in [-0.2, 0) is 9.59 Å². The lowest BCUT2D eigenvalue weighted by Crippen LogP contribution is -2.43. The number of likely N-dealkylation sites (N-methyl/N-ethyl adjacent to an activating group) is 2. The monoisotopic (exact) mass is 282 g/mol. The maximum Gasteiger partial charge on any atom is 0.307 e. The number of hydrogen-bond donors (Lipinski definition) is 1. The molecule has 114 valence electrons. The predicted octanol–water partition coefficient (Wildman–Crippen LogP) is 1.29. The van der Waals surface area contributed by atoms with Crippen molar-refractivity contribution in [1.82, 2.24) is 9.80 Å². The van der Waals surface area contributed by atoms with Gasteiger partial charge in [0.1, 0.15) is 0 Å². The van der Waals surface area contributed by atoms with Crippen LogP contribution in [0.15, 0.2) is 0 Å². The Morgan fingerprint density at radius 1 is 1.30 bits per heavy atom. The molecule has 2 aliphatic rings. The lowest BCUT2D eigenvalue weighted by Gasteiger charge is -2.28. The number of carboxylic acids is 1. The Hall–Kier alpha value is -1.10. The molecule has 4 atom stereocenters. The smallest absolute Gasteiger partial charge is 0.307 e. The first kappa shape index (κ1) is 15.3. The fourth-order valence-corrected chi connectivity index (χ4v) is 3.74. The van der Waals surface area contributed by atoms with E-state index in [4.69, 9.17) is 0 Å². The first-order chi connectivity index (χ1) is 9.40. The van der Waals surface area contributed by atoms with E-state index in [1.54, 1.807) is 4.90 Å². The van der Waals surface area contributed by atoms with Gasteiger partial charge in [0, 0.05) is 19.6 Å². The second-order valence-corrected chi connectivity index (χ2v) is 6.62. The third-order valence-electron chi connectivity index (χ3n) is 4.97. The minimum atomic E-state index is -0.820. The summed E-state index contributed by atoms with van der Waals surface area (Å²) >= 11 is 0. The highest BCUT2D eigenvalue weighted by molar-refractivity contribution is 5.85. The molecule has 1 aliphatic carbocycles. The van der Waals surface area contributed by atoms with E-state index in [-0.39, 0.29) is 11.8 Å². The molecule has 0 aromatic carbocycles. The molecule has 1 N–H and O–H groups in total. The van der Waals surface area contributed by atoms with Gasteiger partial charge in [0.05, 0.1) is 11.8 Å². The highest BCUT2D eigenvalue weighted by atomic mass is 16.4. The predicted molar refractivity (Wildman–Crippen MR) is 76.3 cm³/mol. The van der Waals surface area contributed by atoms with E-state index < -0.39 is 11.9 Å². The number of carboxylic acid groups (broad SMARTS) is 1. The Bertz CT molecular complexity index is 385. The first-order valence-corrected chi connectivity index (χ1v) is 7.58. The van der Waals surface area contributed by atoms with Crippen LogP contribution in [0, 0.1) is 17.8 Å². The summed E-state index contributed by atoms with van der Waals surface area (Å²) in [5.41, 5.74) is 0. The molecule has 1 aliphatic heterocycles. The van der Waals surface area contributed by atoms with Crippen LogP contribution in [-0.4, -0.2) is 60.0 Å². The molecule has 0 bridgehead atoms. The van der Waals surface area contributed by atoms with Crippen molar-refractivity contribution in [3.05, 3.63) is 0 Å². The minimum Gasteiger partial charge on any atom is -0.481 e. The van der Waals surface area contributed by atoms with Crippen LogP contribution in [0.3, 0.4) is 0 Å². The third-order valence-corrected chi connectivity index (χ3v) is 4.97. The number of likely N-dealkylation sites (tertiary alicyclic amines) is 1. The lowest BCUT2D eigenvalue weighted by molar-refractivity contribution is -0.148. The summed E-state index contributed by atoms with van der Waals surface area (Å²) in [6, 6.07) is 0.422. The number of rotatable bonds is 4. The van der Waals surface area contributed by atoms with Crippen molar-refractivity contribution in [1.29, 1.82) is 0 Å². The Kier molecular flexibility index (Phi) is 4.68. The molecule has 5 heteroatoms. The van der Waals surface area contributed by atoms with E-state index in [9.17, 15) is 14.7 Å². The Labute approximate surface area is 120 Å². The number of amides is 1. The molecule has 1 saturated carbocycles. The van der Waals surface area contributed by atoms with E-state index in [1.807, 2.05) is 14.0 Å². The van der Waals surface area contributed by atoms with Crippen molar-refractivity contribution < 1.29 is 14.7 Å². The molecule has 0 aromatic rings. The molecular formula is C15H26N2O3. The van der Waals surface area contributed by atoms with Crippen LogP contribution in [0.25, 0.3) is 0 Å². The maximum absolute atomic E-state index is 12.5. The zero-order chi connectivity index (χ0) is 14.9. The van der Waals surface area contributed by atoms with Crippen molar-refractivity contribution in [2.24, 2.45) is 17.8 Å². The number of aliphatic carboxylic acids is 1. The van der Waals surface area contributed by atoms with Crippen molar-refractivity contribution >= 4 is 11.9 Å². The van der Waals surface area contributed by atoms with E-state index >= 15 is 0 Å². The quantitative estimate of drug-likeness (QED) is 0.844. The van der Waals surface area contributed by atoms with Gasteiger partial charge < -0.3 is 14.9 Å². The Morgan fingerprint density at radius 3 is 2.50 bits per heavy atom. The van der Waals surface area contributed by atoms with Crippen molar-refractivity contribution in [3.63, 3.8) is 0 Å². The SMILES string of the molecule is CC1C[C@H](C(=O)N(C)CC2CCCN2C)[C@H](C(=O)O)C1. The first-order valence-electron chi connectivity index (χ1n) is 7.58. The molecule has 2 unspecified atom stereocenters. The summed E-state index contributed by atoms with van der Waals surface area (Å²) in [4.78, 5) is 27.9. The fraction of sp³-hybridized carbons (Fsp3) is 0.867. The minimum absolute atomic E-state index is 0.0158. The van der Waals surface area contributed by atoms with Crippen LogP contribution < -0.4 is 0 Å². The third kappa shape index (κ3) is 3.14. The molecule has 0 spiro atoms. The van der Waals surface area contributed by atoms with Crippen LogP contribution in [0.5, 0.6) is 0 Å². The molecule has 1 saturated heterocycles. The second-order valence-electron chi connectivity index (χ2n) is 6.62. The van der Waals surface area contributed by atoms with Gasteiger partial charge in [0.15, 0.2) is 0 Å². The molecule has 1 amide bonds.